The fraction of sp³-hybridized carbons (Fsp3) is 0.412. The van der Waals surface area contributed by atoms with Crippen molar-refractivity contribution in [2.75, 3.05) is 17.7 Å². The van der Waals surface area contributed by atoms with Crippen LogP contribution >= 0.6 is 0 Å². The highest BCUT2D eigenvalue weighted by molar-refractivity contribution is 5.65. The summed E-state index contributed by atoms with van der Waals surface area (Å²) in [4.78, 5) is 9.35. The number of benzene rings is 1. The molecule has 4 heteroatoms. The van der Waals surface area contributed by atoms with Gasteiger partial charge in [-0.25, -0.2) is 9.97 Å². The Morgan fingerprint density at radius 1 is 1.00 bits per heavy atom. The minimum atomic E-state index is 0.540. The number of anilines is 3. The normalized spacial score (nSPS) is 14.1. The van der Waals surface area contributed by atoms with E-state index in [9.17, 15) is 0 Å². The molecule has 1 aliphatic carbocycles. The zero-order chi connectivity index (χ0) is 15.0. The first-order valence-corrected chi connectivity index (χ1v) is 7.49. The molecule has 0 amide bonds. The summed E-state index contributed by atoms with van der Waals surface area (Å²) in [5.41, 5.74) is 4.71. The molecule has 110 valence electrons. The van der Waals surface area contributed by atoms with E-state index in [0.717, 1.165) is 28.7 Å². The third-order valence-corrected chi connectivity index (χ3v) is 4.11. The second-order valence-electron chi connectivity index (χ2n) is 5.85. The molecule has 0 atom stereocenters. The minimum absolute atomic E-state index is 0.540. The molecule has 1 aromatic carbocycles. The van der Waals surface area contributed by atoms with Crippen LogP contribution in [0.15, 0.2) is 18.2 Å². The summed E-state index contributed by atoms with van der Waals surface area (Å²) < 4.78 is 0. The number of hydrogen-bond acceptors (Lipinski definition) is 4. The van der Waals surface area contributed by atoms with Crippen LogP contribution in [-0.4, -0.2) is 17.0 Å². The molecule has 0 radical (unpaired) electrons. The van der Waals surface area contributed by atoms with Gasteiger partial charge in [-0.2, -0.15) is 0 Å². The van der Waals surface area contributed by atoms with E-state index in [2.05, 4.69) is 47.7 Å². The lowest BCUT2D eigenvalue weighted by atomic mass is 10.1. The molecule has 2 N–H and O–H groups in total. The number of aryl methyl sites for hydroxylation is 2. The Balaban J connectivity index is 1.96. The van der Waals surface area contributed by atoms with Gasteiger partial charge in [0.05, 0.1) is 0 Å². The average molecular weight is 282 g/mol. The van der Waals surface area contributed by atoms with Crippen LogP contribution in [-0.2, 0) is 0 Å². The molecule has 1 aliphatic rings. The van der Waals surface area contributed by atoms with Gasteiger partial charge >= 0.3 is 0 Å². The van der Waals surface area contributed by atoms with Crippen molar-refractivity contribution in [2.45, 2.75) is 39.5 Å². The monoisotopic (exact) mass is 282 g/mol. The van der Waals surface area contributed by atoms with Crippen LogP contribution in [0.4, 0.5) is 17.3 Å². The largest absolute Gasteiger partial charge is 0.373 e. The summed E-state index contributed by atoms with van der Waals surface area (Å²) in [6.45, 7) is 6.30. The van der Waals surface area contributed by atoms with Crippen LogP contribution in [0.25, 0.3) is 0 Å². The van der Waals surface area contributed by atoms with Crippen LogP contribution in [0.2, 0.25) is 0 Å². The van der Waals surface area contributed by atoms with Gasteiger partial charge in [-0.05, 0) is 56.9 Å². The predicted molar refractivity (Wildman–Crippen MR) is 87.5 cm³/mol. The van der Waals surface area contributed by atoms with Crippen molar-refractivity contribution in [3.8, 4) is 0 Å². The van der Waals surface area contributed by atoms with Gasteiger partial charge in [0.2, 0.25) is 0 Å². The summed E-state index contributed by atoms with van der Waals surface area (Å²) in [7, 11) is 1.91. The lowest BCUT2D eigenvalue weighted by Crippen LogP contribution is -2.07. The molecule has 21 heavy (non-hydrogen) atoms. The Morgan fingerprint density at radius 3 is 2.33 bits per heavy atom. The first-order chi connectivity index (χ1) is 10.1. The molecule has 3 rings (SSSR count). The highest BCUT2D eigenvalue weighted by atomic mass is 15.1. The first kappa shape index (κ1) is 13.9. The highest BCUT2D eigenvalue weighted by Gasteiger charge is 2.28. The van der Waals surface area contributed by atoms with E-state index in [4.69, 9.17) is 4.98 Å². The molecule has 0 spiro atoms. The second kappa shape index (κ2) is 5.35. The molecule has 1 saturated carbocycles. The Morgan fingerprint density at radius 2 is 1.71 bits per heavy atom. The van der Waals surface area contributed by atoms with E-state index in [0.29, 0.717) is 5.92 Å². The van der Waals surface area contributed by atoms with Crippen molar-refractivity contribution in [3.63, 3.8) is 0 Å². The van der Waals surface area contributed by atoms with Gasteiger partial charge in [0, 0.05) is 24.2 Å². The van der Waals surface area contributed by atoms with Gasteiger partial charge in [0.25, 0.3) is 0 Å². The van der Waals surface area contributed by atoms with E-state index in [1.54, 1.807) is 0 Å². The standard InChI is InChI=1S/C17H22N4/c1-10-5-8-14(9-11(10)2)19-16-12(3)15(18-4)20-17(21-16)13-6-7-13/h5,8-9,13H,6-7H2,1-4H3,(H2,18,19,20,21). The van der Waals surface area contributed by atoms with Crippen LogP contribution < -0.4 is 10.6 Å². The van der Waals surface area contributed by atoms with Gasteiger partial charge in [-0.15, -0.1) is 0 Å². The fourth-order valence-corrected chi connectivity index (χ4v) is 2.38. The summed E-state index contributed by atoms with van der Waals surface area (Å²) in [6.07, 6.45) is 2.41. The van der Waals surface area contributed by atoms with Gasteiger partial charge < -0.3 is 10.6 Å². The average Bonchev–Trinajstić information content (AvgIpc) is 3.29. The molecule has 1 heterocycles. The third kappa shape index (κ3) is 2.84. The Kier molecular flexibility index (Phi) is 3.53. The fourth-order valence-electron chi connectivity index (χ4n) is 2.38. The van der Waals surface area contributed by atoms with Gasteiger partial charge in [-0.3, -0.25) is 0 Å². The van der Waals surface area contributed by atoms with E-state index in [1.165, 1.54) is 24.0 Å². The third-order valence-electron chi connectivity index (χ3n) is 4.11. The molecular formula is C17H22N4. The van der Waals surface area contributed by atoms with Crippen molar-refractivity contribution in [3.05, 3.63) is 40.7 Å². The van der Waals surface area contributed by atoms with Crippen LogP contribution in [0.5, 0.6) is 0 Å². The molecule has 1 aromatic heterocycles. The minimum Gasteiger partial charge on any atom is -0.373 e. The predicted octanol–water partition coefficient (Wildman–Crippen LogP) is 4.06. The molecule has 0 saturated heterocycles. The number of hydrogen-bond donors (Lipinski definition) is 2. The zero-order valence-electron chi connectivity index (χ0n) is 13.1. The summed E-state index contributed by atoms with van der Waals surface area (Å²) >= 11 is 0. The quantitative estimate of drug-likeness (QED) is 0.887. The molecule has 0 unspecified atom stereocenters. The van der Waals surface area contributed by atoms with Crippen molar-refractivity contribution in [1.29, 1.82) is 0 Å². The van der Waals surface area contributed by atoms with E-state index in [1.807, 2.05) is 14.0 Å². The summed E-state index contributed by atoms with van der Waals surface area (Å²) in [5, 5.41) is 6.62. The number of rotatable bonds is 4. The number of aromatic nitrogens is 2. The lowest BCUT2D eigenvalue weighted by Gasteiger charge is -2.14. The number of nitrogens with zero attached hydrogens (tertiary/aromatic N) is 2. The summed E-state index contributed by atoms with van der Waals surface area (Å²) in [6, 6.07) is 6.39. The second-order valence-corrected chi connectivity index (χ2v) is 5.85. The molecule has 0 aliphatic heterocycles. The van der Waals surface area contributed by atoms with Crippen molar-refractivity contribution >= 4 is 17.3 Å². The van der Waals surface area contributed by atoms with Gasteiger partial charge in [-0.1, -0.05) is 6.07 Å². The van der Waals surface area contributed by atoms with E-state index >= 15 is 0 Å². The zero-order valence-corrected chi connectivity index (χ0v) is 13.1. The van der Waals surface area contributed by atoms with Gasteiger partial charge in [0.15, 0.2) is 0 Å². The van der Waals surface area contributed by atoms with E-state index < -0.39 is 0 Å². The maximum absolute atomic E-state index is 4.73. The molecular weight excluding hydrogens is 260 g/mol. The Hall–Kier alpha value is -2.10. The van der Waals surface area contributed by atoms with Gasteiger partial charge in [0.1, 0.15) is 17.5 Å². The summed E-state index contributed by atoms with van der Waals surface area (Å²) in [5.74, 6) is 3.31. The maximum Gasteiger partial charge on any atom is 0.139 e. The topological polar surface area (TPSA) is 49.8 Å². The molecule has 1 fully saturated rings. The number of nitrogens with one attached hydrogen (secondary N) is 2. The highest BCUT2D eigenvalue weighted by Crippen LogP contribution is 2.39. The lowest BCUT2D eigenvalue weighted by molar-refractivity contribution is 0.923. The van der Waals surface area contributed by atoms with Crippen molar-refractivity contribution in [1.82, 2.24) is 9.97 Å². The molecule has 0 bridgehead atoms. The van der Waals surface area contributed by atoms with Crippen molar-refractivity contribution < 1.29 is 0 Å². The first-order valence-electron chi connectivity index (χ1n) is 7.49. The Bertz CT molecular complexity index is 675. The van der Waals surface area contributed by atoms with E-state index in [-0.39, 0.29) is 0 Å². The molecule has 2 aromatic rings. The Labute approximate surface area is 126 Å². The molecule has 4 nitrogen and oxygen atoms in total. The SMILES string of the molecule is CNc1nc(C2CC2)nc(Nc2ccc(C)c(C)c2)c1C. The van der Waals surface area contributed by atoms with Crippen LogP contribution in [0, 0.1) is 20.8 Å². The van der Waals surface area contributed by atoms with Crippen LogP contribution in [0.1, 0.15) is 41.3 Å². The van der Waals surface area contributed by atoms with Crippen molar-refractivity contribution in [2.24, 2.45) is 0 Å². The maximum atomic E-state index is 4.73. The smallest absolute Gasteiger partial charge is 0.139 e. The van der Waals surface area contributed by atoms with Crippen LogP contribution in [0.3, 0.4) is 0 Å².